The maximum atomic E-state index is 13.5. The van der Waals surface area contributed by atoms with Crippen LogP contribution in [0.4, 0.5) is 8.78 Å². The van der Waals surface area contributed by atoms with Crippen LogP contribution in [0.3, 0.4) is 0 Å². The number of sulfonamides is 1. The third kappa shape index (κ3) is 9.24. The predicted octanol–water partition coefficient (Wildman–Crippen LogP) is 5.83. The molecule has 0 aliphatic heterocycles. The van der Waals surface area contributed by atoms with Gasteiger partial charge in [-0.1, -0.05) is 55.3 Å². The molecule has 10 heteroatoms. The summed E-state index contributed by atoms with van der Waals surface area (Å²) < 4.78 is 61.5. The molecule has 0 unspecified atom stereocenters. The lowest BCUT2D eigenvalue weighted by Gasteiger charge is -2.14. The number of ether oxygens (including phenoxy) is 1. The normalized spacial score (nSPS) is 11.4. The quantitative estimate of drug-likeness (QED) is 0.179. The van der Waals surface area contributed by atoms with Gasteiger partial charge in [-0.05, 0) is 72.7 Å². The summed E-state index contributed by atoms with van der Waals surface area (Å²) in [5.74, 6) is -2.62. The lowest BCUT2D eigenvalue weighted by atomic mass is 10.1. The largest absolute Gasteiger partial charge is 0.493 e. The molecule has 4 aromatic rings. The van der Waals surface area contributed by atoms with Crippen molar-refractivity contribution in [2.45, 2.75) is 56.4 Å². The average molecular weight is 582 g/mol. The monoisotopic (exact) mass is 581 g/mol. The van der Waals surface area contributed by atoms with Gasteiger partial charge in [0.1, 0.15) is 5.75 Å². The highest BCUT2D eigenvalue weighted by Gasteiger charge is 2.20. The first-order chi connectivity index (χ1) is 19.8. The Bertz CT molecular complexity index is 1530. The van der Waals surface area contributed by atoms with Crippen molar-refractivity contribution in [2.24, 2.45) is 0 Å². The van der Waals surface area contributed by atoms with Gasteiger partial charge in [0.05, 0.1) is 18.0 Å². The van der Waals surface area contributed by atoms with E-state index in [0.717, 1.165) is 49.3 Å². The summed E-state index contributed by atoms with van der Waals surface area (Å²) >= 11 is 0. The lowest BCUT2D eigenvalue weighted by Crippen LogP contribution is -2.30. The van der Waals surface area contributed by atoms with Crippen LogP contribution in [0.15, 0.2) is 90.1 Å². The number of amides is 1. The van der Waals surface area contributed by atoms with Gasteiger partial charge in [0.25, 0.3) is 10.0 Å². The first-order valence-corrected chi connectivity index (χ1v) is 15.0. The van der Waals surface area contributed by atoms with Crippen LogP contribution in [0.25, 0.3) is 0 Å². The second-order valence-electron chi connectivity index (χ2n) is 9.75. The van der Waals surface area contributed by atoms with Crippen LogP contribution in [0.1, 0.15) is 48.8 Å². The van der Waals surface area contributed by atoms with E-state index in [4.69, 9.17) is 4.74 Å². The summed E-state index contributed by atoms with van der Waals surface area (Å²) in [5.41, 5.74) is 3.07. The molecule has 1 amide bonds. The standard InChI is InChI=1S/C31H33F2N3O4S/c32-28-16-15-27(22-29(28)33)41(38,39)35-31(37)17-14-26-13-12-25(23-36-19-8-18-34-36)21-30(26)40-20-7-2-1-4-9-24-10-5-3-6-11-24/h3,5-6,8,10-13,15-16,18-19,21-22H,1-2,4,7,9,14,17,20,23H2,(H,35,37). The molecule has 0 aliphatic carbocycles. The van der Waals surface area contributed by atoms with Gasteiger partial charge in [-0.2, -0.15) is 5.10 Å². The van der Waals surface area contributed by atoms with Crippen molar-refractivity contribution in [3.63, 3.8) is 0 Å². The molecule has 0 atom stereocenters. The zero-order chi connectivity index (χ0) is 29.1. The predicted molar refractivity (Wildman–Crippen MR) is 152 cm³/mol. The number of nitrogens with one attached hydrogen (secondary N) is 1. The highest BCUT2D eigenvalue weighted by molar-refractivity contribution is 7.90. The Morgan fingerprint density at radius 3 is 2.41 bits per heavy atom. The number of hydrogen-bond donors (Lipinski definition) is 1. The molecule has 7 nitrogen and oxygen atoms in total. The number of carbonyl (C=O) groups excluding carboxylic acids is 1. The molecular formula is C31H33F2N3O4S. The third-order valence-corrected chi connectivity index (χ3v) is 7.94. The minimum atomic E-state index is -4.34. The van der Waals surface area contributed by atoms with Crippen molar-refractivity contribution in [2.75, 3.05) is 6.61 Å². The summed E-state index contributed by atoms with van der Waals surface area (Å²) in [6.45, 7) is 1.07. The van der Waals surface area contributed by atoms with Gasteiger partial charge < -0.3 is 4.74 Å². The van der Waals surface area contributed by atoms with E-state index in [-0.39, 0.29) is 12.8 Å². The van der Waals surface area contributed by atoms with Crippen LogP contribution < -0.4 is 9.46 Å². The van der Waals surface area contributed by atoms with Crippen molar-refractivity contribution in [1.29, 1.82) is 0 Å². The Balaban J connectivity index is 1.32. The highest BCUT2D eigenvalue weighted by Crippen LogP contribution is 2.24. The zero-order valence-electron chi connectivity index (χ0n) is 22.6. The van der Waals surface area contributed by atoms with E-state index in [2.05, 4.69) is 29.4 Å². The molecule has 0 saturated heterocycles. The maximum Gasteiger partial charge on any atom is 0.264 e. The SMILES string of the molecule is O=C(CCc1ccc(Cn2cccn2)cc1OCCCCCCc1ccccc1)NS(=O)(=O)c1ccc(F)c(F)c1. The molecular weight excluding hydrogens is 548 g/mol. The fraction of sp³-hybridized carbons (Fsp3) is 0.290. The van der Waals surface area contributed by atoms with E-state index in [9.17, 15) is 22.0 Å². The smallest absolute Gasteiger partial charge is 0.264 e. The first-order valence-electron chi connectivity index (χ1n) is 13.6. The molecule has 41 heavy (non-hydrogen) atoms. The summed E-state index contributed by atoms with van der Waals surface area (Å²) in [5, 5.41) is 4.24. The summed E-state index contributed by atoms with van der Waals surface area (Å²) in [6.07, 6.45) is 8.82. The first kappa shape index (κ1) is 29.9. The van der Waals surface area contributed by atoms with Crippen LogP contribution in [-0.4, -0.2) is 30.7 Å². The number of halogens is 2. The maximum absolute atomic E-state index is 13.5. The lowest BCUT2D eigenvalue weighted by molar-refractivity contribution is -0.119. The molecule has 0 spiro atoms. The number of aromatic nitrogens is 2. The molecule has 3 aromatic carbocycles. The molecule has 1 N–H and O–H groups in total. The topological polar surface area (TPSA) is 90.3 Å². The van der Waals surface area contributed by atoms with Crippen molar-refractivity contribution >= 4 is 15.9 Å². The van der Waals surface area contributed by atoms with Crippen molar-refractivity contribution in [3.05, 3.63) is 114 Å². The molecule has 1 heterocycles. The molecule has 4 rings (SSSR count). The second kappa shape index (κ2) is 14.5. The number of nitrogens with zero attached hydrogens (tertiary/aromatic N) is 2. The van der Waals surface area contributed by atoms with E-state index in [1.165, 1.54) is 5.56 Å². The Morgan fingerprint density at radius 2 is 1.66 bits per heavy atom. The van der Waals surface area contributed by atoms with E-state index < -0.39 is 32.5 Å². The number of benzene rings is 3. The van der Waals surface area contributed by atoms with Crippen LogP contribution in [-0.2, 0) is 34.2 Å². The van der Waals surface area contributed by atoms with Crippen molar-refractivity contribution < 1.29 is 26.7 Å². The molecule has 0 fully saturated rings. The van der Waals surface area contributed by atoms with Gasteiger partial charge in [-0.25, -0.2) is 21.9 Å². The third-order valence-electron chi connectivity index (χ3n) is 6.57. The Morgan fingerprint density at radius 1 is 0.854 bits per heavy atom. The minimum absolute atomic E-state index is 0.142. The summed E-state index contributed by atoms with van der Waals surface area (Å²) in [7, 11) is -4.34. The van der Waals surface area contributed by atoms with Gasteiger partial charge in [-0.15, -0.1) is 0 Å². The number of carbonyl (C=O) groups is 1. The zero-order valence-corrected chi connectivity index (χ0v) is 23.5. The van der Waals surface area contributed by atoms with Crippen molar-refractivity contribution in [1.82, 2.24) is 14.5 Å². The minimum Gasteiger partial charge on any atom is -0.493 e. The molecule has 0 saturated carbocycles. The molecule has 216 valence electrons. The Labute approximate surface area is 239 Å². The number of aryl methyl sites for hydroxylation is 2. The molecule has 0 bridgehead atoms. The fourth-order valence-electron chi connectivity index (χ4n) is 4.38. The van der Waals surface area contributed by atoms with Gasteiger partial charge >= 0.3 is 0 Å². The van der Waals surface area contributed by atoms with E-state index in [1.54, 1.807) is 10.9 Å². The second-order valence-corrected chi connectivity index (χ2v) is 11.4. The van der Waals surface area contributed by atoms with Crippen LogP contribution >= 0.6 is 0 Å². The number of hydrogen-bond acceptors (Lipinski definition) is 5. The summed E-state index contributed by atoms with van der Waals surface area (Å²) in [4.78, 5) is 12.0. The Kier molecular flexibility index (Phi) is 10.6. The van der Waals surface area contributed by atoms with E-state index in [0.29, 0.717) is 31.0 Å². The van der Waals surface area contributed by atoms with Crippen LogP contribution in [0.5, 0.6) is 5.75 Å². The van der Waals surface area contributed by atoms with Gasteiger partial charge in [0.2, 0.25) is 5.91 Å². The number of rotatable bonds is 15. The van der Waals surface area contributed by atoms with Gasteiger partial charge in [0, 0.05) is 18.8 Å². The van der Waals surface area contributed by atoms with Gasteiger partial charge in [-0.3, -0.25) is 9.48 Å². The number of unbranched alkanes of at least 4 members (excludes halogenated alkanes) is 3. The average Bonchev–Trinajstić information content (AvgIpc) is 3.47. The van der Waals surface area contributed by atoms with Crippen LogP contribution in [0, 0.1) is 11.6 Å². The molecule has 0 radical (unpaired) electrons. The van der Waals surface area contributed by atoms with E-state index >= 15 is 0 Å². The Hall–Kier alpha value is -4.05. The van der Waals surface area contributed by atoms with Crippen molar-refractivity contribution in [3.8, 4) is 5.75 Å². The van der Waals surface area contributed by atoms with Gasteiger partial charge in [0.15, 0.2) is 11.6 Å². The molecule has 0 aliphatic rings. The molecule has 1 aromatic heterocycles. The van der Waals surface area contributed by atoms with E-state index in [1.807, 2.05) is 41.3 Å². The fourth-order valence-corrected chi connectivity index (χ4v) is 5.41. The van der Waals surface area contributed by atoms with Crippen LogP contribution in [0.2, 0.25) is 0 Å². The summed E-state index contributed by atoms with van der Waals surface area (Å²) in [6, 6.07) is 20.1. The highest BCUT2D eigenvalue weighted by atomic mass is 32.2.